The molecule has 0 saturated carbocycles. The molecule has 3 aromatic carbocycles. The van der Waals surface area contributed by atoms with E-state index in [9.17, 15) is 24.6 Å². The second-order valence-electron chi connectivity index (χ2n) is 13.0. The largest absolute Gasteiger partial charge is 0.507 e. The molecule has 266 valence electrons. The summed E-state index contributed by atoms with van der Waals surface area (Å²) in [5.41, 5.74) is 11.1. The number of ether oxygens (including phenoxy) is 2. The summed E-state index contributed by atoms with van der Waals surface area (Å²) in [6, 6.07) is 20.3. The van der Waals surface area contributed by atoms with Crippen molar-refractivity contribution in [3.8, 4) is 5.75 Å². The van der Waals surface area contributed by atoms with Crippen molar-refractivity contribution in [1.29, 1.82) is 5.41 Å². The maximum atomic E-state index is 13.2. The summed E-state index contributed by atoms with van der Waals surface area (Å²) in [6.07, 6.45) is -3.73. The van der Waals surface area contributed by atoms with Gasteiger partial charge in [-0.1, -0.05) is 74.5 Å². The van der Waals surface area contributed by atoms with Crippen LogP contribution in [-0.2, 0) is 20.8 Å². The number of aliphatic carboxylic acids is 1. The lowest BCUT2D eigenvalue weighted by atomic mass is 9.91. The Balaban J connectivity index is 1.38. The van der Waals surface area contributed by atoms with Crippen molar-refractivity contribution in [2.75, 3.05) is 26.2 Å². The number of alkyl carbamates (subject to hydrolysis) is 1. The third-order valence-electron chi connectivity index (χ3n) is 8.43. The maximum absolute atomic E-state index is 13.2. The Morgan fingerprint density at radius 1 is 0.900 bits per heavy atom. The number of phenols is 1. The number of nitrogens with zero attached hydrogens (tertiary/aromatic N) is 2. The summed E-state index contributed by atoms with van der Waals surface area (Å²) in [4.78, 5) is 41.6. The number of carbonyl (C=O) groups is 3. The molecule has 2 atom stereocenters. The quantitative estimate of drug-likeness (QED) is 0.146. The summed E-state index contributed by atoms with van der Waals surface area (Å²) in [6.45, 7) is 11.5. The summed E-state index contributed by atoms with van der Waals surface area (Å²) in [5, 5.41) is 32.1. The van der Waals surface area contributed by atoms with Crippen LogP contribution in [0.15, 0.2) is 78.5 Å². The van der Waals surface area contributed by atoms with Crippen molar-refractivity contribution in [3.63, 3.8) is 0 Å². The fourth-order valence-corrected chi connectivity index (χ4v) is 5.75. The third kappa shape index (κ3) is 9.63. The van der Waals surface area contributed by atoms with Gasteiger partial charge in [-0.25, -0.2) is 14.4 Å². The van der Waals surface area contributed by atoms with E-state index in [2.05, 4.69) is 24.1 Å². The van der Waals surface area contributed by atoms with E-state index >= 15 is 0 Å². The molecule has 0 spiro atoms. The number of amides is 2. The van der Waals surface area contributed by atoms with Gasteiger partial charge in [0, 0.05) is 49.6 Å². The van der Waals surface area contributed by atoms with Gasteiger partial charge >= 0.3 is 18.2 Å². The van der Waals surface area contributed by atoms with Crippen LogP contribution in [0.3, 0.4) is 0 Å². The molecule has 1 aliphatic heterocycles. The predicted octanol–water partition coefficient (Wildman–Crippen LogP) is 5.86. The van der Waals surface area contributed by atoms with Crippen molar-refractivity contribution in [2.24, 2.45) is 5.73 Å². The van der Waals surface area contributed by atoms with Gasteiger partial charge in [0.1, 0.15) is 11.8 Å². The van der Waals surface area contributed by atoms with E-state index < -0.39 is 36.4 Å². The number of allylic oxidation sites excluding steroid dienone is 2. The SMILES string of the molecule is C/C(N)=C(/C(=N)c1cc(C(C)C)ccc1O)c1ccc(CN2CCN(C(=O)OC(C(=O)O)C(NC(=O)OC(C)C)c3ccccc3)CC2)cc1. The molecular formula is C38H47N5O7. The minimum Gasteiger partial charge on any atom is -0.507 e. The average molecular weight is 686 g/mol. The van der Waals surface area contributed by atoms with Gasteiger partial charge in [-0.3, -0.25) is 10.3 Å². The highest BCUT2D eigenvalue weighted by atomic mass is 16.6. The molecule has 1 saturated heterocycles. The smallest absolute Gasteiger partial charge is 0.410 e. The van der Waals surface area contributed by atoms with E-state index in [0.717, 1.165) is 16.7 Å². The van der Waals surface area contributed by atoms with Gasteiger partial charge in [-0.2, -0.15) is 0 Å². The number of hydrogen-bond acceptors (Lipinski definition) is 9. The number of aromatic hydroxyl groups is 1. The maximum Gasteiger partial charge on any atom is 0.410 e. The molecular weight excluding hydrogens is 638 g/mol. The fourth-order valence-electron chi connectivity index (χ4n) is 5.75. The van der Waals surface area contributed by atoms with E-state index in [1.165, 1.54) is 4.90 Å². The Morgan fingerprint density at radius 3 is 2.10 bits per heavy atom. The minimum absolute atomic E-state index is 0.0234. The Labute approximate surface area is 293 Å². The number of nitrogens with two attached hydrogens (primary N) is 1. The number of nitrogens with one attached hydrogen (secondary N) is 2. The number of phenolic OH excluding ortho intramolecular Hbond substituents is 1. The normalized spacial score (nSPS) is 15.2. The molecule has 0 radical (unpaired) electrons. The van der Waals surface area contributed by atoms with Crippen LogP contribution in [0.1, 0.15) is 74.4 Å². The van der Waals surface area contributed by atoms with Crippen LogP contribution in [0.5, 0.6) is 5.75 Å². The number of carbonyl (C=O) groups excluding carboxylic acids is 2. The Kier molecular flexibility index (Phi) is 12.6. The molecule has 1 heterocycles. The van der Waals surface area contributed by atoms with Gasteiger partial charge < -0.3 is 35.6 Å². The van der Waals surface area contributed by atoms with Crippen LogP contribution in [0.2, 0.25) is 0 Å². The molecule has 12 heteroatoms. The van der Waals surface area contributed by atoms with E-state index in [4.69, 9.17) is 20.6 Å². The topological polar surface area (TPSA) is 179 Å². The van der Waals surface area contributed by atoms with Gasteiger partial charge in [0.2, 0.25) is 6.10 Å². The molecule has 2 unspecified atom stereocenters. The number of carboxylic acid groups (broad SMARTS) is 1. The second kappa shape index (κ2) is 16.8. The van der Waals surface area contributed by atoms with Gasteiger partial charge in [-0.05, 0) is 61.1 Å². The predicted molar refractivity (Wildman–Crippen MR) is 191 cm³/mol. The highest BCUT2D eigenvalue weighted by Gasteiger charge is 2.37. The molecule has 4 rings (SSSR count). The van der Waals surface area contributed by atoms with E-state index in [-0.39, 0.29) is 17.4 Å². The van der Waals surface area contributed by atoms with Crippen LogP contribution < -0.4 is 11.1 Å². The summed E-state index contributed by atoms with van der Waals surface area (Å²) < 4.78 is 10.7. The highest BCUT2D eigenvalue weighted by Crippen LogP contribution is 2.30. The number of hydrogen-bond donors (Lipinski definition) is 5. The lowest BCUT2D eigenvalue weighted by molar-refractivity contribution is -0.149. The van der Waals surface area contributed by atoms with E-state index in [1.807, 2.05) is 36.4 Å². The zero-order chi connectivity index (χ0) is 36.5. The van der Waals surface area contributed by atoms with Crippen LogP contribution in [0.25, 0.3) is 5.57 Å². The first-order valence-electron chi connectivity index (χ1n) is 16.7. The van der Waals surface area contributed by atoms with Crippen molar-refractivity contribution < 1.29 is 34.1 Å². The number of piperazine rings is 1. The van der Waals surface area contributed by atoms with Crippen LogP contribution in [0, 0.1) is 5.41 Å². The van der Waals surface area contributed by atoms with Crippen molar-refractivity contribution >= 4 is 29.4 Å². The minimum atomic E-state index is -1.69. The van der Waals surface area contributed by atoms with Gasteiger partial charge in [0.05, 0.1) is 11.8 Å². The molecule has 1 aliphatic rings. The molecule has 0 aromatic heterocycles. The van der Waals surface area contributed by atoms with E-state index in [1.54, 1.807) is 57.2 Å². The number of carboxylic acids is 1. The van der Waals surface area contributed by atoms with Crippen molar-refractivity contribution in [2.45, 2.75) is 65.3 Å². The first-order chi connectivity index (χ1) is 23.7. The monoisotopic (exact) mass is 685 g/mol. The van der Waals surface area contributed by atoms with E-state index in [0.29, 0.717) is 55.1 Å². The van der Waals surface area contributed by atoms with Crippen molar-refractivity contribution in [1.82, 2.24) is 15.1 Å². The van der Waals surface area contributed by atoms with Crippen molar-refractivity contribution in [3.05, 3.63) is 106 Å². The number of rotatable bonds is 12. The van der Waals surface area contributed by atoms with Gasteiger partial charge in [-0.15, -0.1) is 0 Å². The third-order valence-corrected chi connectivity index (χ3v) is 8.43. The van der Waals surface area contributed by atoms with Crippen LogP contribution in [-0.4, -0.2) is 82.3 Å². The van der Waals surface area contributed by atoms with Crippen LogP contribution >= 0.6 is 0 Å². The molecule has 0 bridgehead atoms. The summed E-state index contributed by atoms with van der Waals surface area (Å²) in [7, 11) is 0. The molecule has 12 nitrogen and oxygen atoms in total. The summed E-state index contributed by atoms with van der Waals surface area (Å²) in [5.74, 6) is -1.15. The Bertz CT molecular complexity index is 1690. The first kappa shape index (κ1) is 37.5. The lowest BCUT2D eigenvalue weighted by Gasteiger charge is -2.35. The zero-order valence-electron chi connectivity index (χ0n) is 29.2. The highest BCUT2D eigenvalue weighted by molar-refractivity contribution is 6.31. The standard InChI is InChI=1S/C38H47N5O7/c1-23(2)29-15-16-31(44)30(21-29)33(40)32(25(5)39)27-13-11-26(12-14-27)22-42-17-19-43(20-18-42)38(48)50-35(36(45)46)34(28-9-7-6-8-10-28)41-37(47)49-24(3)4/h6-16,21,23-24,34-35,40,44H,17-20,22,39H2,1-5H3,(H,41,47)(H,45,46)/b32-25-,40-33?. The summed E-state index contributed by atoms with van der Waals surface area (Å²) >= 11 is 0. The molecule has 2 amide bonds. The Morgan fingerprint density at radius 2 is 1.54 bits per heavy atom. The average Bonchev–Trinajstić information content (AvgIpc) is 3.07. The van der Waals surface area contributed by atoms with Gasteiger partial charge in [0.25, 0.3) is 0 Å². The van der Waals surface area contributed by atoms with Gasteiger partial charge in [0.15, 0.2) is 0 Å². The first-order valence-corrected chi connectivity index (χ1v) is 16.7. The second-order valence-corrected chi connectivity index (χ2v) is 13.0. The molecule has 6 N–H and O–H groups in total. The lowest BCUT2D eigenvalue weighted by Crippen LogP contribution is -2.51. The number of benzene rings is 3. The molecule has 50 heavy (non-hydrogen) atoms. The Hall–Kier alpha value is -5.36. The molecule has 0 aliphatic carbocycles. The zero-order valence-corrected chi connectivity index (χ0v) is 29.2. The molecule has 3 aromatic rings. The molecule has 1 fully saturated rings. The van der Waals surface area contributed by atoms with Crippen LogP contribution in [0.4, 0.5) is 9.59 Å². The fraction of sp³-hybridized carbons (Fsp3) is 0.368.